The Kier molecular flexibility index (Phi) is 6.03. The first-order valence-electron chi connectivity index (χ1n) is 6.70. The van der Waals surface area contributed by atoms with Gasteiger partial charge in [0, 0.05) is 6.04 Å². The maximum Gasteiger partial charge on any atom is 0.143 e. The summed E-state index contributed by atoms with van der Waals surface area (Å²) >= 11 is 9.23. The van der Waals surface area contributed by atoms with Gasteiger partial charge in [0.1, 0.15) is 17.5 Å². The summed E-state index contributed by atoms with van der Waals surface area (Å²) in [6, 6.07) is 12.5. The standard InChI is InChI=1S/C16H18BrClN2O/c1-20(2)13(8-12-6-4-3-5-7-12)11-21-14-9-15(17)16(18)19-10-14/h3-7,9-10,13H,8,11H2,1-2H3/t13-/m1/s1. The molecule has 1 aromatic carbocycles. The largest absolute Gasteiger partial charge is 0.490 e. The van der Waals surface area contributed by atoms with Crippen LogP contribution in [0.15, 0.2) is 47.1 Å². The Hall–Kier alpha value is -1.10. The van der Waals surface area contributed by atoms with E-state index < -0.39 is 0 Å². The monoisotopic (exact) mass is 368 g/mol. The minimum absolute atomic E-state index is 0.293. The van der Waals surface area contributed by atoms with Crippen molar-refractivity contribution in [2.24, 2.45) is 0 Å². The van der Waals surface area contributed by atoms with Gasteiger partial charge in [0.05, 0.1) is 10.7 Å². The van der Waals surface area contributed by atoms with Crippen LogP contribution in [0.1, 0.15) is 5.56 Å². The van der Waals surface area contributed by atoms with Crippen molar-refractivity contribution in [2.75, 3.05) is 20.7 Å². The maximum absolute atomic E-state index is 5.88. The molecule has 2 aromatic rings. The Balaban J connectivity index is 1.98. The van der Waals surface area contributed by atoms with Crippen LogP contribution < -0.4 is 4.74 Å². The van der Waals surface area contributed by atoms with Crippen LogP contribution in [-0.4, -0.2) is 36.6 Å². The number of hydrogen-bond donors (Lipinski definition) is 0. The SMILES string of the molecule is CN(C)[C@@H](COc1cnc(Cl)c(Br)c1)Cc1ccccc1. The van der Waals surface area contributed by atoms with Crippen LogP contribution >= 0.6 is 27.5 Å². The lowest BCUT2D eigenvalue weighted by Crippen LogP contribution is -2.35. The molecule has 0 saturated carbocycles. The van der Waals surface area contributed by atoms with Crippen LogP contribution in [-0.2, 0) is 6.42 Å². The minimum Gasteiger partial charge on any atom is -0.490 e. The molecule has 0 radical (unpaired) electrons. The summed E-state index contributed by atoms with van der Waals surface area (Å²) < 4.78 is 6.59. The Bertz CT molecular complexity index is 578. The van der Waals surface area contributed by atoms with Crippen molar-refractivity contribution in [1.82, 2.24) is 9.88 Å². The molecule has 0 aliphatic carbocycles. The molecule has 0 N–H and O–H groups in total. The number of aromatic nitrogens is 1. The average molecular weight is 370 g/mol. The van der Waals surface area contributed by atoms with Gasteiger partial charge in [-0.05, 0) is 48.1 Å². The zero-order valence-corrected chi connectivity index (χ0v) is 14.4. The third-order valence-corrected chi connectivity index (χ3v) is 4.39. The molecule has 0 saturated heterocycles. The molecule has 0 spiro atoms. The fourth-order valence-corrected chi connectivity index (χ4v) is 2.38. The Morgan fingerprint density at radius 3 is 2.62 bits per heavy atom. The van der Waals surface area contributed by atoms with Crippen molar-refractivity contribution < 1.29 is 4.74 Å². The maximum atomic E-state index is 5.88. The van der Waals surface area contributed by atoms with Gasteiger partial charge in [-0.15, -0.1) is 0 Å². The number of rotatable bonds is 6. The fourth-order valence-electron chi connectivity index (χ4n) is 1.95. The molecule has 0 aliphatic heterocycles. The van der Waals surface area contributed by atoms with E-state index in [0.717, 1.165) is 10.9 Å². The molecule has 0 unspecified atom stereocenters. The molecule has 5 heteroatoms. The Morgan fingerprint density at radius 2 is 2.00 bits per heavy atom. The van der Waals surface area contributed by atoms with Gasteiger partial charge < -0.3 is 9.64 Å². The van der Waals surface area contributed by atoms with Gasteiger partial charge in [0.2, 0.25) is 0 Å². The highest BCUT2D eigenvalue weighted by Gasteiger charge is 2.13. The highest BCUT2D eigenvalue weighted by molar-refractivity contribution is 9.10. The molecule has 1 atom stereocenters. The summed E-state index contributed by atoms with van der Waals surface area (Å²) in [4.78, 5) is 6.24. The third-order valence-electron chi connectivity index (χ3n) is 3.26. The van der Waals surface area contributed by atoms with Crippen molar-refractivity contribution in [3.05, 3.63) is 57.8 Å². The van der Waals surface area contributed by atoms with Gasteiger partial charge in [0.15, 0.2) is 0 Å². The first kappa shape index (κ1) is 16.3. The van der Waals surface area contributed by atoms with Crippen LogP contribution in [0.25, 0.3) is 0 Å². The second-order valence-electron chi connectivity index (χ2n) is 5.06. The molecule has 0 fully saturated rings. The van der Waals surface area contributed by atoms with E-state index in [4.69, 9.17) is 16.3 Å². The Labute approximate surface area is 139 Å². The molecule has 21 heavy (non-hydrogen) atoms. The van der Waals surface area contributed by atoms with Crippen LogP contribution in [0, 0.1) is 0 Å². The lowest BCUT2D eigenvalue weighted by Gasteiger charge is -2.24. The summed E-state index contributed by atoms with van der Waals surface area (Å²) in [5.74, 6) is 0.714. The van der Waals surface area contributed by atoms with E-state index in [-0.39, 0.29) is 0 Å². The van der Waals surface area contributed by atoms with Crippen molar-refractivity contribution in [1.29, 1.82) is 0 Å². The van der Waals surface area contributed by atoms with E-state index in [0.29, 0.717) is 23.6 Å². The average Bonchev–Trinajstić information content (AvgIpc) is 2.47. The van der Waals surface area contributed by atoms with E-state index in [2.05, 4.69) is 64.2 Å². The summed E-state index contributed by atoms with van der Waals surface area (Å²) in [6.45, 7) is 0.595. The number of hydrogen-bond acceptors (Lipinski definition) is 3. The lowest BCUT2D eigenvalue weighted by atomic mass is 10.1. The number of likely N-dealkylation sites (N-methyl/N-ethyl adjacent to an activating group) is 1. The molecular weight excluding hydrogens is 352 g/mol. The second kappa shape index (κ2) is 7.78. The molecule has 112 valence electrons. The first-order chi connectivity index (χ1) is 10.1. The first-order valence-corrected chi connectivity index (χ1v) is 7.87. The number of pyridine rings is 1. The topological polar surface area (TPSA) is 25.4 Å². The van der Waals surface area contributed by atoms with Crippen LogP contribution in [0.2, 0.25) is 5.15 Å². The second-order valence-corrected chi connectivity index (χ2v) is 6.27. The highest BCUT2D eigenvalue weighted by atomic mass is 79.9. The lowest BCUT2D eigenvalue weighted by molar-refractivity contribution is 0.184. The number of benzene rings is 1. The van der Waals surface area contributed by atoms with E-state index in [1.54, 1.807) is 6.20 Å². The molecule has 2 rings (SSSR count). The van der Waals surface area contributed by atoms with Crippen molar-refractivity contribution in [2.45, 2.75) is 12.5 Å². The number of halogens is 2. The predicted molar refractivity (Wildman–Crippen MR) is 90.1 cm³/mol. The van der Waals surface area contributed by atoms with Gasteiger partial charge in [-0.3, -0.25) is 0 Å². The molecule has 0 aliphatic rings. The molecule has 1 heterocycles. The Morgan fingerprint density at radius 1 is 1.29 bits per heavy atom. The van der Waals surface area contributed by atoms with E-state index >= 15 is 0 Å². The molecule has 3 nitrogen and oxygen atoms in total. The van der Waals surface area contributed by atoms with Gasteiger partial charge in [0.25, 0.3) is 0 Å². The summed E-state index contributed by atoms with van der Waals surface area (Å²) in [6.07, 6.45) is 2.58. The normalized spacial score (nSPS) is 12.4. The summed E-state index contributed by atoms with van der Waals surface area (Å²) in [5, 5.41) is 0.441. The summed E-state index contributed by atoms with van der Waals surface area (Å²) in [5.41, 5.74) is 1.30. The van der Waals surface area contributed by atoms with Crippen LogP contribution in [0.3, 0.4) is 0 Å². The van der Waals surface area contributed by atoms with Crippen molar-refractivity contribution in [3.63, 3.8) is 0 Å². The van der Waals surface area contributed by atoms with Crippen LogP contribution in [0.5, 0.6) is 5.75 Å². The predicted octanol–water partition coefficient (Wildman–Crippen LogP) is 4.05. The summed E-state index contributed by atoms with van der Waals surface area (Å²) in [7, 11) is 4.12. The molecule has 1 aromatic heterocycles. The minimum atomic E-state index is 0.293. The molecular formula is C16H18BrClN2O. The third kappa shape index (κ3) is 4.99. The van der Waals surface area contributed by atoms with Crippen LogP contribution in [0.4, 0.5) is 0 Å². The van der Waals surface area contributed by atoms with Crippen molar-refractivity contribution in [3.8, 4) is 5.75 Å². The number of nitrogens with zero attached hydrogens (tertiary/aromatic N) is 2. The van der Waals surface area contributed by atoms with Crippen molar-refractivity contribution >= 4 is 27.5 Å². The van der Waals surface area contributed by atoms with E-state index in [1.807, 2.05) is 12.1 Å². The fraction of sp³-hybridized carbons (Fsp3) is 0.312. The zero-order valence-electron chi connectivity index (χ0n) is 12.1. The molecule has 0 bridgehead atoms. The van der Waals surface area contributed by atoms with E-state index in [9.17, 15) is 0 Å². The highest BCUT2D eigenvalue weighted by Crippen LogP contribution is 2.24. The van der Waals surface area contributed by atoms with Gasteiger partial charge >= 0.3 is 0 Å². The zero-order chi connectivity index (χ0) is 15.2. The van der Waals surface area contributed by atoms with E-state index in [1.165, 1.54) is 5.56 Å². The smallest absolute Gasteiger partial charge is 0.143 e. The number of ether oxygens (including phenoxy) is 1. The van der Waals surface area contributed by atoms with Gasteiger partial charge in [-0.1, -0.05) is 41.9 Å². The molecule has 0 amide bonds. The quantitative estimate of drug-likeness (QED) is 0.718. The van der Waals surface area contributed by atoms with Gasteiger partial charge in [-0.2, -0.15) is 0 Å². The van der Waals surface area contributed by atoms with Gasteiger partial charge in [-0.25, -0.2) is 4.98 Å².